The van der Waals surface area contributed by atoms with Crippen LogP contribution in [-0.4, -0.2) is 4.98 Å². The van der Waals surface area contributed by atoms with Crippen molar-refractivity contribution < 1.29 is 4.42 Å². The number of nitrogens with zero attached hydrogens (tertiary/aromatic N) is 1. The van der Waals surface area contributed by atoms with Crippen molar-refractivity contribution in [2.75, 3.05) is 5.73 Å². The number of aryl methyl sites for hydroxylation is 1. The second-order valence-corrected chi connectivity index (χ2v) is 4.75. The Hall–Kier alpha value is -1.13. The van der Waals surface area contributed by atoms with Gasteiger partial charge in [0.15, 0.2) is 0 Å². The molecule has 0 fully saturated rings. The van der Waals surface area contributed by atoms with Crippen LogP contribution in [0.3, 0.4) is 0 Å². The van der Waals surface area contributed by atoms with Gasteiger partial charge < -0.3 is 10.2 Å². The topological polar surface area (TPSA) is 52.0 Å². The zero-order valence-corrected chi connectivity index (χ0v) is 10.3. The van der Waals surface area contributed by atoms with Crippen LogP contribution in [0.4, 0.5) is 5.69 Å². The minimum atomic E-state index is 0.651. The summed E-state index contributed by atoms with van der Waals surface area (Å²) in [5.74, 6) is 0.725. The van der Waals surface area contributed by atoms with Gasteiger partial charge in [-0.3, -0.25) is 0 Å². The molecule has 2 N–H and O–H groups in total. The number of hydrogen-bond donors (Lipinski definition) is 1. The van der Waals surface area contributed by atoms with E-state index in [1.807, 2.05) is 19.1 Å². The molecular weight excluding hydrogens is 244 g/mol. The van der Waals surface area contributed by atoms with Crippen molar-refractivity contribution in [3.8, 4) is 0 Å². The summed E-state index contributed by atoms with van der Waals surface area (Å²) >= 11 is 7.33. The number of nitrogen functional groups attached to an aromatic ring is 1. The van der Waals surface area contributed by atoms with Gasteiger partial charge in [0.05, 0.1) is 5.69 Å². The molecule has 0 aliphatic rings. The van der Waals surface area contributed by atoms with Crippen LogP contribution in [-0.2, 0) is 5.75 Å². The lowest BCUT2D eigenvalue weighted by Crippen LogP contribution is -1.92. The zero-order valence-electron chi connectivity index (χ0n) is 8.74. The molecule has 3 nitrogen and oxygen atoms in total. The number of nitrogens with two attached hydrogens (primary N) is 1. The van der Waals surface area contributed by atoms with Gasteiger partial charge in [0.1, 0.15) is 6.26 Å². The Morgan fingerprint density at radius 2 is 2.31 bits per heavy atom. The Morgan fingerprint density at radius 1 is 1.50 bits per heavy atom. The van der Waals surface area contributed by atoms with Crippen LogP contribution in [0.25, 0.3) is 0 Å². The summed E-state index contributed by atoms with van der Waals surface area (Å²) in [7, 11) is 0. The summed E-state index contributed by atoms with van der Waals surface area (Å²) < 4.78 is 5.23. The molecule has 84 valence electrons. The molecule has 0 saturated heterocycles. The fraction of sp³-hybridized carbons (Fsp3) is 0.182. The standard InChI is InChI=1S/C11H11ClN2OS/c1-7-5-15-11(14-7)16-6-8-2-3-9(12)4-10(8)13/h2-5H,6,13H2,1H3. The molecule has 2 aromatic rings. The van der Waals surface area contributed by atoms with Gasteiger partial charge in [0.25, 0.3) is 5.22 Å². The van der Waals surface area contributed by atoms with Crippen molar-refractivity contribution in [2.45, 2.75) is 17.9 Å². The summed E-state index contributed by atoms with van der Waals surface area (Å²) in [4.78, 5) is 4.20. The Kier molecular flexibility index (Phi) is 3.41. The molecule has 0 spiro atoms. The molecule has 1 heterocycles. The third-order valence-corrected chi connectivity index (χ3v) is 3.18. The van der Waals surface area contributed by atoms with Crippen LogP contribution >= 0.6 is 23.4 Å². The first-order valence-corrected chi connectivity index (χ1v) is 6.10. The largest absolute Gasteiger partial charge is 0.440 e. The summed E-state index contributed by atoms with van der Waals surface area (Å²) in [6.07, 6.45) is 1.63. The third kappa shape index (κ3) is 2.71. The highest BCUT2D eigenvalue weighted by Gasteiger charge is 2.05. The van der Waals surface area contributed by atoms with E-state index in [4.69, 9.17) is 21.8 Å². The first kappa shape index (κ1) is 11.4. The number of benzene rings is 1. The maximum absolute atomic E-state index is 5.84. The zero-order chi connectivity index (χ0) is 11.5. The van der Waals surface area contributed by atoms with E-state index in [1.165, 1.54) is 11.8 Å². The van der Waals surface area contributed by atoms with Gasteiger partial charge >= 0.3 is 0 Å². The first-order valence-electron chi connectivity index (χ1n) is 4.74. The molecular formula is C11H11ClN2OS. The van der Waals surface area contributed by atoms with E-state index in [0.29, 0.717) is 15.9 Å². The number of halogens is 1. The average molecular weight is 255 g/mol. The Morgan fingerprint density at radius 3 is 2.94 bits per heavy atom. The maximum atomic E-state index is 5.84. The van der Waals surface area contributed by atoms with E-state index in [0.717, 1.165) is 17.0 Å². The Bertz CT molecular complexity index is 498. The third-order valence-electron chi connectivity index (χ3n) is 2.06. The van der Waals surface area contributed by atoms with Gasteiger partial charge in [0, 0.05) is 16.5 Å². The molecule has 0 aliphatic carbocycles. The van der Waals surface area contributed by atoms with Crippen molar-refractivity contribution in [3.63, 3.8) is 0 Å². The van der Waals surface area contributed by atoms with Crippen LogP contribution in [0, 0.1) is 6.92 Å². The lowest BCUT2D eigenvalue weighted by molar-refractivity contribution is 0.454. The first-order chi connectivity index (χ1) is 7.65. The second kappa shape index (κ2) is 4.80. The second-order valence-electron chi connectivity index (χ2n) is 3.39. The van der Waals surface area contributed by atoms with Crippen molar-refractivity contribution in [3.05, 3.63) is 40.7 Å². The molecule has 0 saturated carbocycles. The van der Waals surface area contributed by atoms with Crippen LogP contribution in [0.1, 0.15) is 11.3 Å². The molecule has 1 aromatic heterocycles. The SMILES string of the molecule is Cc1coc(SCc2ccc(Cl)cc2N)n1. The summed E-state index contributed by atoms with van der Waals surface area (Å²) in [6.45, 7) is 1.89. The van der Waals surface area contributed by atoms with Gasteiger partial charge in [-0.25, -0.2) is 4.98 Å². The highest BCUT2D eigenvalue weighted by Crippen LogP contribution is 2.26. The van der Waals surface area contributed by atoms with Crippen LogP contribution in [0.15, 0.2) is 34.1 Å². The van der Waals surface area contributed by atoms with E-state index in [1.54, 1.807) is 12.3 Å². The summed E-state index contributed by atoms with van der Waals surface area (Å²) in [5, 5.41) is 1.31. The van der Waals surface area contributed by atoms with Crippen molar-refractivity contribution in [1.82, 2.24) is 4.98 Å². The average Bonchev–Trinajstić information content (AvgIpc) is 2.63. The van der Waals surface area contributed by atoms with Crippen molar-refractivity contribution >= 4 is 29.1 Å². The number of aromatic nitrogens is 1. The molecule has 0 bridgehead atoms. The fourth-order valence-corrected chi connectivity index (χ4v) is 2.28. The summed E-state index contributed by atoms with van der Waals surface area (Å²) in [6, 6.07) is 5.49. The predicted molar refractivity (Wildman–Crippen MR) is 66.7 cm³/mol. The minimum absolute atomic E-state index is 0.651. The molecule has 5 heteroatoms. The number of hydrogen-bond acceptors (Lipinski definition) is 4. The van der Waals surface area contributed by atoms with Crippen LogP contribution in [0.5, 0.6) is 0 Å². The van der Waals surface area contributed by atoms with Crippen LogP contribution < -0.4 is 5.73 Å². The van der Waals surface area contributed by atoms with Gasteiger partial charge in [-0.05, 0) is 24.6 Å². The molecule has 0 radical (unpaired) electrons. The molecule has 0 atom stereocenters. The quantitative estimate of drug-likeness (QED) is 0.673. The number of oxazole rings is 1. The fourth-order valence-electron chi connectivity index (χ4n) is 1.24. The summed E-state index contributed by atoms with van der Waals surface area (Å²) in [5.41, 5.74) is 8.45. The smallest absolute Gasteiger partial charge is 0.256 e. The van der Waals surface area contributed by atoms with Gasteiger partial charge in [-0.15, -0.1) is 0 Å². The predicted octanol–water partition coefficient (Wildman–Crippen LogP) is 3.51. The van der Waals surface area contributed by atoms with Gasteiger partial charge in [0.2, 0.25) is 0 Å². The molecule has 2 rings (SSSR count). The monoisotopic (exact) mass is 254 g/mol. The highest BCUT2D eigenvalue weighted by atomic mass is 35.5. The molecule has 0 amide bonds. The highest BCUT2D eigenvalue weighted by molar-refractivity contribution is 7.98. The van der Waals surface area contributed by atoms with E-state index in [9.17, 15) is 0 Å². The molecule has 0 aliphatic heterocycles. The lowest BCUT2D eigenvalue weighted by Gasteiger charge is -2.03. The number of thioether (sulfide) groups is 1. The lowest BCUT2D eigenvalue weighted by atomic mass is 10.2. The van der Waals surface area contributed by atoms with E-state index < -0.39 is 0 Å². The number of rotatable bonds is 3. The minimum Gasteiger partial charge on any atom is -0.440 e. The van der Waals surface area contributed by atoms with Crippen molar-refractivity contribution in [2.24, 2.45) is 0 Å². The number of anilines is 1. The van der Waals surface area contributed by atoms with E-state index in [2.05, 4.69) is 4.98 Å². The Labute approximate surface area is 103 Å². The van der Waals surface area contributed by atoms with Crippen LogP contribution in [0.2, 0.25) is 5.02 Å². The van der Waals surface area contributed by atoms with Gasteiger partial charge in [-0.1, -0.05) is 29.4 Å². The van der Waals surface area contributed by atoms with E-state index >= 15 is 0 Å². The molecule has 1 aromatic carbocycles. The normalized spacial score (nSPS) is 10.6. The van der Waals surface area contributed by atoms with Gasteiger partial charge in [-0.2, -0.15) is 0 Å². The van der Waals surface area contributed by atoms with Crippen molar-refractivity contribution in [1.29, 1.82) is 0 Å². The Balaban J connectivity index is 2.04. The maximum Gasteiger partial charge on any atom is 0.256 e. The van der Waals surface area contributed by atoms with E-state index in [-0.39, 0.29) is 0 Å². The molecule has 16 heavy (non-hydrogen) atoms. The molecule has 0 unspecified atom stereocenters.